The van der Waals surface area contributed by atoms with E-state index in [1.807, 2.05) is 29.2 Å². The standard InChI is InChI=1S/C19H22N4O3S/c20-22-12-15-2-1-3-16(10-15)13-23-9-8-17(19(23)24)11-14-4-6-18(7-5-14)27(21,25)26/h1-7,10,12,17H,8-9,11,13,20H2,(H2,21,25,26)/t17-/m1/s1. The highest BCUT2D eigenvalue weighted by molar-refractivity contribution is 7.89. The number of sulfonamides is 1. The Morgan fingerprint density at radius 2 is 1.89 bits per heavy atom. The third-order valence-corrected chi connectivity index (χ3v) is 5.62. The maximum Gasteiger partial charge on any atom is 0.238 e. The molecule has 0 aromatic heterocycles. The Morgan fingerprint density at radius 3 is 2.56 bits per heavy atom. The molecule has 0 aliphatic carbocycles. The molecule has 27 heavy (non-hydrogen) atoms. The molecule has 2 aromatic carbocycles. The van der Waals surface area contributed by atoms with E-state index in [2.05, 4.69) is 5.10 Å². The van der Waals surface area contributed by atoms with Crippen molar-refractivity contribution in [3.63, 3.8) is 0 Å². The lowest BCUT2D eigenvalue weighted by Crippen LogP contribution is -2.27. The number of rotatable bonds is 6. The fourth-order valence-electron chi connectivity index (χ4n) is 3.33. The van der Waals surface area contributed by atoms with Crippen LogP contribution in [0.1, 0.15) is 23.1 Å². The van der Waals surface area contributed by atoms with E-state index < -0.39 is 10.0 Å². The van der Waals surface area contributed by atoms with Gasteiger partial charge in [0.15, 0.2) is 0 Å². The highest BCUT2D eigenvalue weighted by atomic mass is 32.2. The molecule has 0 spiro atoms. The average Bonchev–Trinajstić information content (AvgIpc) is 2.95. The zero-order chi connectivity index (χ0) is 19.4. The summed E-state index contributed by atoms with van der Waals surface area (Å²) in [7, 11) is -3.70. The van der Waals surface area contributed by atoms with E-state index in [0.29, 0.717) is 19.5 Å². The van der Waals surface area contributed by atoms with E-state index in [1.165, 1.54) is 12.1 Å². The molecular weight excluding hydrogens is 364 g/mol. The summed E-state index contributed by atoms with van der Waals surface area (Å²) in [6.45, 7) is 1.25. The molecule has 0 unspecified atom stereocenters. The zero-order valence-electron chi connectivity index (χ0n) is 14.8. The summed E-state index contributed by atoms with van der Waals surface area (Å²) in [6.07, 6.45) is 2.93. The minimum Gasteiger partial charge on any atom is -0.338 e. The van der Waals surface area contributed by atoms with Gasteiger partial charge in [0.2, 0.25) is 15.9 Å². The van der Waals surface area contributed by atoms with Crippen LogP contribution in [0.4, 0.5) is 0 Å². The van der Waals surface area contributed by atoms with Crippen molar-refractivity contribution in [2.75, 3.05) is 6.54 Å². The quantitative estimate of drug-likeness (QED) is 0.441. The smallest absolute Gasteiger partial charge is 0.238 e. The number of primary sulfonamides is 1. The third-order valence-electron chi connectivity index (χ3n) is 4.69. The lowest BCUT2D eigenvalue weighted by molar-refractivity contribution is -0.131. The molecule has 1 aliphatic rings. The number of amides is 1. The van der Waals surface area contributed by atoms with Gasteiger partial charge in [-0.3, -0.25) is 4.79 Å². The molecule has 142 valence electrons. The van der Waals surface area contributed by atoms with Crippen LogP contribution in [0.25, 0.3) is 0 Å². The third kappa shape index (κ3) is 4.72. The van der Waals surface area contributed by atoms with Crippen LogP contribution in [-0.4, -0.2) is 32.0 Å². The summed E-state index contributed by atoms with van der Waals surface area (Å²) in [6, 6.07) is 14.1. The van der Waals surface area contributed by atoms with Gasteiger partial charge in [-0.15, -0.1) is 0 Å². The number of benzene rings is 2. The number of hydrazone groups is 1. The molecule has 7 nitrogen and oxygen atoms in total. The van der Waals surface area contributed by atoms with Crippen LogP contribution in [0.3, 0.4) is 0 Å². The Kier molecular flexibility index (Phi) is 5.57. The Morgan fingerprint density at radius 1 is 1.15 bits per heavy atom. The van der Waals surface area contributed by atoms with E-state index in [9.17, 15) is 13.2 Å². The Bertz CT molecular complexity index is 955. The van der Waals surface area contributed by atoms with Gasteiger partial charge in [0.25, 0.3) is 0 Å². The van der Waals surface area contributed by atoms with Crippen LogP contribution in [0.15, 0.2) is 58.5 Å². The van der Waals surface area contributed by atoms with Crippen LogP contribution in [0.5, 0.6) is 0 Å². The van der Waals surface area contributed by atoms with Crippen LogP contribution in [0, 0.1) is 5.92 Å². The predicted molar refractivity (Wildman–Crippen MR) is 103 cm³/mol. The lowest BCUT2D eigenvalue weighted by atomic mass is 9.98. The summed E-state index contributed by atoms with van der Waals surface area (Å²) in [5, 5.41) is 8.63. The minimum atomic E-state index is -3.70. The van der Waals surface area contributed by atoms with Crippen molar-refractivity contribution >= 4 is 22.1 Å². The maximum atomic E-state index is 12.7. The van der Waals surface area contributed by atoms with E-state index in [0.717, 1.165) is 23.1 Å². The molecular formula is C19H22N4O3S. The van der Waals surface area contributed by atoms with Gasteiger partial charge >= 0.3 is 0 Å². The first kappa shape index (κ1) is 19.1. The summed E-state index contributed by atoms with van der Waals surface area (Å²) in [4.78, 5) is 14.6. The van der Waals surface area contributed by atoms with E-state index in [1.54, 1.807) is 18.3 Å². The van der Waals surface area contributed by atoms with E-state index in [-0.39, 0.29) is 16.7 Å². The lowest BCUT2D eigenvalue weighted by Gasteiger charge is -2.17. The molecule has 1 amide bonds. The molecule has 1 saturated heterocycles. The highest BCUT2D eigenvalue weighted by Crippen LogP contribution is 2.24. The molecule has 0 radical (unpaired) electrons. The van der Waals surface area contributed by atoms with Gasteiger partial charge in [-0.1, -0.05) is 30.3 Å². The van der Waals surface area contributed by atoms with Gasteiger partial charge in [-0.2, -0.15) is 5.10 Å². The molecule has 4 N–H and O–H groups in total. The second-order valence-corrected chi connectivity index (χ2v) is 8.22. The SMILES string of the molecule is NN=Cc1cccc(CN2CC[C@H](Cc3ccc(S(N)(=O)=O)cc3)C2=O)c1. The van der Waals surface area contributed by atoms with Crippen LogP contribution >= 0.6 is 0 Å². The topological polar surface area (TPSA) is 119 Å². The maximum absolute atomic E-state index is 12.7. The first-order chi connectivity index (χ1) is 12.9. The molecule has 8 heteroatoms. The average molecular weight is 386 g/mol. The first-order valence-corrected chi connectivity index (χ1v) is 10.1. The molecule has 1 aliphatic heterocycles. The molecule has 0 saturated carbocycles. The van der Waals surface area contributed by atoms with Crippen LogP contribution < -0.4 is 11.0 Å². The van der Waals surface area contributed by atoms with E-state index in [4.69, 9.17) is 11.0 Å². The highest BCUT2D eigenvalue weighted by Gasteiger charge is 2.31. The number of carbonyl (C=O) groups excluding carboxylic acids is 1. The molecule has 1 atom stereocenters. The number of nitrogens with zero attached hydrogens (tertiary/aromatic N) is 2. The largest absolute Gasteiger partial charge is 0.338 e. The van der Waals surface area contributed by atoms with Crippen molar-refractivity contribution in [1.82, 2.24) is 4.90 Å². The van der Waals surface area contributed by atoms with Crippen molar-refractivity contribution in [2.24, 2.45) is 22.0 Å². The fraction of sp³-hybridized carbons (Fsp3) is 0.263. The van der Waals surface area contributed by atoms with E-state index >= 15 is 0 Å². The fourth-order valence-corrected chi connectivity index (χ4v) is 3.84. The van der Waals surface area contributed by atoms with Gasteiger partial charge in [0.1, 0.15) is 0 Å². The predicted octanol–water partition coefficient (Wildman–Crippen LogP) is 1.22. The van der Waals surface area contributed by atoms with Crippen molar-refractivity contribution in [3.8, 4) is 0 Å². The molecule has 3 rings (SSSR count). The van der Waals surface area contributed by atoms with Crippen molar-refractivity contribution < 1.29 is 13.2 Å². The van der Waals surface area contributed by atoms with Crippen molar-refractivity contribution in [3.05, 3.63) is 65.2 Å². The number of hydrogen-bond acceptors (Lipinski definition) is 5. The van der Waals surface area contributed by atoms with Gasteiger partial charge < -0.3 is 10.7 Å². The second kappa shape index (κ2) is 7.89. The minimum absolute atomic E-state index is 0.0755. The monoisotopic (exact) mass is 386 g/mol. The normalized spacial score (nSPS) is 17.7. The van der Waals surface area contributed by atoms with Crippen LogP contribution in [-0.2, 0) is 27.8 Å². The molecule has 0 bridgehead atoms. The van der Waals surface area contributed by atoms with Crippen molar-refractivity contribution in [2.45, 2.75) is 24.3 Å². The summed E-state index contributed by atoms with van der Waals surface area (Å²) >= 11 is 0. The number of hydrogen-bond donors (Lipinski definition) is 2. The van der Waals surface area contributed by atoms with Gasteiger partial charge in [-0.25, -0.2) is 13.6 Å². The molecule has 1 fully saturated rings. The molecule has 2 aromatic rings. The van der Waals surface area contributed by atoms with Gasteiger partial charge in [0, 0.05) is 19.0 Å². The first-order valence-electron chi connectivity index (χ1n) is 8.59. The van der Waals surface area contributed by atoms with Crippen molar-refractivity contribution in [1.29, 1.82) is 0 Å². The summed E-state index contributed by atoms with van der Waals surface area (Å²) < 4.78 is 22.6. The zero-order valence-corrected chi connectivity index (χ0v) is 15.6. The number of nitrogens with two attached hydrogens (primary N) is 2. The number of carbonyl (C=O) groups is 1. The summed E-state index contributed by atoms with van der Waals surface area (Å²) in [5.41, 5.74) is 2.84. The molecule has 1 heterocycles. The van der Waals surface area contributed by atoms with Gasteiger partial charge in [-0.05, 0) is 47.7 Å². The van der Waals surface area contributed by atoms with Gasteiger partial charge in [0.05, 0.1) is 11.1 Å². The summed E-state index contributed by atoms with van der Waals surface area (Å²) in [5.74, 6) is 5.20. The Balaban J connectivity index is 1.64. The van der Waals surface area contributed by atoms with Crippen LogP contribution in [0.2, 0.25) is 0 Å². The Hall–Kier alpha value is -2.71. The number of likely N-dealkylation sites (tertiary alicyclic amines) is 1. The Labute approximate surface area is 158 Å². The second-order valence-electron chi connectivity index (χ2n) is 6.66.